The highest BCUT2D eigenvalue weighted by Gasteiger charge is 2.35. The summed E-state index contributed by atoms with van der Waals surface area (Å²) in [6.07, 6.45) is 0.464. The molecule has 1 aliphatic rings. The Labute approximate surface area is 118 Å². The van der Waals surface area contributed by atoms with Crippen LogP contribution < -0.4 is 0 Å². The molecule has 106 valence electrons. The monoisotopic (exact) mass is 274 g/mol. The first kappa shape index (κ1) is 14.2. The molecule has 5 nitrogen and oxygen atoms in total. The van der Waals surface area contributed by atoms with E-state index >= 15 is 0 Å². The van der Waals surface area contributed by atoms with Crippen LogP contribution in [0.5, 0.6) is 0 Å². The van der Waals surface area contributed by atoms with Crippen molar-refractivity contribution >= 4 is 17.8 Å². The molecule has 0 spiro atoms. The Balaban J connectivity index is 1.98. The average Bonchev–Trinajstić information content (AvgIpc) is 2.45. The number of carbonyl (C=O) groups is 3. The van der Waals surface area contributed by atoms with Gasteiger partial charge in [-0.25, -0.2) is 4.79 Å². The number of hydrogen-bond donors (Lipinski definition) is 0. The van der Waals surface area contributed by atoms with Crippen molar-refractivity contribution in [2.45, 2.75) is 25.7 Å². The third-order valence-electron chi connectivity index (χ3n) is 3.65. The summed E-state index contributed by atoms with van der Waals surface area (Å²) in [5.74, 6) is -0.592. The lowest BCUT2D eigenvalue weighted by Gasteiger charge is -2.30. The van der Waals surface area contributed by atoms with Crippen molar-refractivity contribution in [1.82, 2.24) is 9.80 Å². The number of urea groups is 1. The van der Waals surface area contributed by atoms with Crippen molar-refractivity contribution in [3.63, 3.8) is 0 Å². The highest BCUT2D eigenvalue weighted by Crippen LogP contribution is 2.20. The van der Waals surface area contributed by atoms with Gasteiger partial charge in [-0.2, -0.15) is 0 Å². The normalized spacial score (nSPS) is 17.6. The zero-order valence-electron chi connectivity index (χ0n) is 11.7. The third-order valence-corrected chi connectivity index (χ3v) is 3.65. The highest BCUT2D eigenvalue weighted by molar-refractivity contribution is 6.13. The van der Waals surface area contributed by atoms with Crippen molar-refractivity contribution < 1.29 is 14.4 Å². The van der Waals surface area contributed by atoms with Gasteiger partial charge in [-0.05, 0) is 17.9 Å². The van der Waals surface area contributed by atoms with E-state index in [0.29, 0.717) is 13.0 Å². The fraction of sp³-hybridized carbons (Fsp3) is 0.400. The molecule has 0 N–H and O–H groups in total. The van der Waals surface area contributed by atoms with Crippen molar-refractivity contribution in [3.8, 4) is 0 Å². The summed E-state index contributed by atoms with van der Waals surface area (Å²) in [5, 5.41) is 0. The molecular weight excluding hydrogens is 256 g/mol. The molecule has 1 aromatic carbocycles. The maximum atomic E-state index is 11.9. The number of benzene rings is 1. The summed E-state index contributed by atoms with van der Waals surface area (Å²) < 4.78 is 0. The lowest BCUT2D eigenvalue weighted by molar-refractivity contribution is -0.141. The SMILES string of the molecule is CC(CCN1C(=O)CC(=O)N(C)C1=O)c1ccccc1. The van der Waals surface area contributed by atoms with E-state index in [1.165, 1.54) is 17.5 Å². The van der Waals surface area contributed by atoms with Gasteiger partial charge in [-0.15, -0.1) is 0 Å². The van der Waals surface area contributed by atoms with Gasteiger partial charge in [0.25, 0.3) is 0 Å². The molecule has 0 aliphatic carbocycles. The minimum absolute atomic E-state index is 0.220. The lowest BCUT2D eigenvalue weighted by atomic mass is 9.97. The summed E-state index contributed by atoms with van der Waals surface area (Å²) in [5.41, 5.74) is 1.17. The molecular formula is C15H18N2O3. The highest BCUT2D eigenvalue weighted by atomic mass is 16.2. The van der Waals surface area contributed by atoms with Gasteiger partial charge in [0, 0.05) is 13.6 Å². The van der Waals surface area contributed by atoms with Gasteiger partial charge in [0.05, 0.1) is 0 Å². The number of imide groups is 2. The standard InChI is InChI=1S/C15H18N2O3/c1-11(12-6-4-3-5-7-12)8-9-17-14(19)10-13(18)16(2)15(17)20/h3-7,11H,8-10H2,1-2H3. The summed E-state index contributed by atoms with van der Waals surface area (Å²) >= 11 is 0. The van der Waals surface area contributed by atoms with E-state index in [-0.39, 0.29) is 12.3 Å². The van der Waals surface area contributed by atoms with Crippen LogP contribution >= 0.6 is 0 Å². The molecule has 1 unspecified atom stereocenters. The minimum Gasteiger partial charge on any atom is -0.274 e. The first-order valence-corrected chi connectivity index (χ1v) is 6.66. The number of carbonyl (C=O) groups excluding carboxylic acids is 3. The van der Waals surface area contributed by atoms with Crippen LogP contribution in [0.15, 0.2) is 30.3 Å². The Morgan fingerprint density at radius 3 is 2.40 bits per heavy atom. The predicted octanol–water partition coefficient (Wildman–Crippen LogP) is 1.99. The van der Waals surface area contributed by atoms with Crippen molar-refractivity contribution in [3.05, 3.63) is 35.9 Å². The largest absolute Gasteiger partial charge is 0.333 e. The first-order chi connectivity index (χ1) is 9.50. The smallest absolute Gasteiger partial charge is 0.274 e. The van der Waals surface area contributed by atoms with Gasteiger partial charge in [0.1, 0.15) is 6.42 Å². The summed E-state index contributed by atoms with van der Waals surface area (Å²) in [6.45, 7) is 2.40. The van der Waals surface area contributed by atoms with Crippen LogP contribution in [0.2, 0.25) is 0 Å². The maximum absolute atomic E-state index is 11.9. The van der Waals surface area contributed by atoms with E-state index in [1.807, 2.05) is 30.3 Å². The number of rotatable bonds is 4. The van der Waals surface area contributed by atoms with E-state index in [9.17, 15) is 14.4 Å². The Morgan fingerprint density at radius 2 is 1.75 bits per heavy atom. The Bertz CT molecular complexity index is 527. The second-order valence-corrected chi connectivity index (χ2v) is 5.06. The van der Waals surface area contributed by atoms with Crippen molar-refractivity contribution in [1.29, 1.82) is 0 Å². The van der Waals surface area contributed by atoms with Gasteiger partial charge in [-0.3, -0.25) is 19.4 Å². The molecule has 1 saturated heterocycles. The lowest BCUT2D eigenvalue weighted by Crippen LogP contribution is -2.53. The van der Waals surface area contributed by atoms with Crippen LogP contribution in [0.4, 0.5) is 4.79 Å². The zero-order valence-corrected chi connectivity index (χ0v) is 11.7. The number of nitrogens with zero attached hydrogens (tertiary/aromatic N) is 2. The van der Waals surface area contributed by atoms with Crippen molar-refractivity contribution in [2.75, 3.05) is 13.6 Å². The second kappa shape index (κ2) is 5.86. The quantitative estimate of drug-likeness (QED) is 0.789. The van der Waals surface area contributed by atoms with Gasteiger partial charge in [-0.1, -0.05) is 37.3 Å². The van der Waals surface area contributed by atoms with Crippen LogP contribution in [0.1, 0.15) is 31.2 Å². The van der Waals surface area contributed by atoms with Crippen LogP contribution in [0.25, 0.3) is 0 Å². The summed E-state index contributed by atoms with van der Waals surface area (Å²) in [4.78, 5) is 37.2. The molecule has 1 atom stereocenters. The molecule has 1 aliphatic heterocycles. The molecule has 4 amide bonds. The van der Waals surface area contributed by atoms with Crippen molar-refractivity contribution in [2.24, 2.45) is 0 Å². The summed E-state index contributed by atoms with van der Waals surface area (Å²) in [6, 6.07) is 9.42. The van der Waals surface area contributed by atoms with Gasteiger partial charge < -0.3 is 0 Å². The van der Waals surface area contributed by atoms with E-state index in [2.05, 4.69) is 6.92 Å². The van der Waals surface area contributed by atoms with E-state index < -0.39 is 17.8 Å². The predicted molar refractivity (Wildman–Crippen MR) is 74.0 cm³/mol. The van der Waals surface area contributed by atoms with E-state index in [4.69, 9.17) is 0 Å². The van der Waals surface area contributed by atoms with Crippen LogP contribution in [0, 0.1) is 0 Å². The second-order valence-electron chi connectivity index (χ2n) is 5.06. The van der Waals surface area contributed by atoms with Crippen LogP contribution in [-0.2, 0) is 9.59 Å². The first-order valence-electron chi connectivity index (χ1n) is 6.66. The van der Waals surface area contributed by atoms with Crippen LogP contribution in [-0.4, -0.2) is 41.2 Å². The Hall–Kier alpha value is -2.17. The topological polar surface area (TPSA) is 57.7 Å². The summed E-state index contributed by atoms with van der Waals surface area (Å²) in [7, 11) is 1.41. The molecule has 5 heteroatoms. The fourth-order valence-electron chi connectivity index (χ4n) is 2.23. The molecule has 2 rings (SSSR count). The molecule has 20 heavy (non-hydrogen) atoms. The number of barbiturate groups is 1. The third kappa shape index (κ3) is 2.87. The zero-order chi connectivity index (χ0) is 14.7. The average molecular weight is 274 g/mol. The molecule has 1 heterocycles. The van der Waals surface area contributed by atoms with E-state index in [1.54, 1.807) is 0 Å². The van der Waals surface area contributed by atoms with Crippen LogP contribution in [0.3, 0.4) is 0 Å². The van der Waals surface area contributed by atoms with E-state index in [0.717, 1.165) is 4.90 Å². The molecule has 1 aromatic rings. The fourth-order valence-corrected chi connectivity index (χ4v) is 2.23. The molecule has 1 fully saturated rings. The van der Waals surface area contributed by atoms with Gasteiger partial charge in [0.15, 0.2) is 0 Å². The number of amides is 4. The molecule has 0 aromatic heterocycles. The number of hydrogen-bond acceptors (Lipinski definition) is 3. The van der Waals surface area contributed by atoms with Gasteiger partial charge in [0.2, 0.25) is 11.8 Å². The Morgan fingerprint density at radius 1 is 1.10 bits per heavy atom. The maximum Gasteiger partial charge on any atom is 0.333 e. The molecule has 0 radical (unpaired) electrons. The minimum atomic E-state index is -0.522. The molecule has 0 bridgehead atoms. The Kier molecular flexibility index (Phi) is 4.17. The van der Waals surface area contributed by atoms with Gasteiger partial charge >= 0.3 is 6.03 Å². The molecule has 0 saturated carbocycles.